The average Bonchev–Trinajstić information content (AvgIpc) is 2.64. The minimum absolute atomic E-state index is 0.303. The van der Waals surface area contributed by atoms with E-state index in [2.05, 4.69) is 5.32 Å². The molecule has 1 amide bonds. The van der Waals surface area contributed by atoms with Crippen molar-refractivity contribution in [2.75, 3.05) is 17.2 Å². The van der Waals surface area contributed by atoms with E-state index < -0.39 is 22.0 Å². The maximum atomic E-state index is 12.9. The van der Waals surface area contributed by atoms with Crippen molar-refractivity contribution in [3.8, 4) is 5.75 Å². The first kappa shape index (κ1) is 23.0. The fraction of sp³-hybridized carbons (Fsp3) is 0.381. The summed E-state index contributed by atoms with van der Waals surface area (Å²) in [6.45, 7) is 7.66. The molecule has 2 rings (SSSR count). The summed E-state index contributed by atoms with van der Waals surface area (Å²) < 4.78 is 31.5. The number of ether oxygens (including phenoxy) is 1. The zero-order valence-electron chi connectivity index (χ0n) is 17.3. The van der Waals surface area contributed by atoms with Gasteiger partial charge in [-0.3, -0.25) is 9.10 Å². The van der Waals surface area contributed by atoms with E-state index >= 15 is 0 Å². The summed E-state index contributed by atoms with van der Waals surface area (Å²) in [5, 5.41) is 3.28. The van der Waals surface area contributed by atoms with E-state index in [0.29, 0.717) is 22.9 Å². The quantitative estimate of drug-likeness (QED) is 0.673. The van der Waals surface area contributed by atoms with Gasteiger partial charge in [0.2, 0.25) is 15.9 Å². The summed E-state index contributed by atoms with van der Waals surface area (Å²) in [5.41, 5.74) is 1.98. The van der Waals surface area contributed by atoms with Crippen LogP contribution in [0.25, 0.3) is 0 Å². The largest absolute Gasteiger partial charge is 0.494 e. The van der Waals surface area contributed by atoms with Crippen LogP contribution in [0, 0.1) is 6.92 Å². The molecule has 29 heavy (non-hydrogen) atoms. The van der Waals surface area contributed by atoms with Gasteiger partial charge >= 0.3 is 0 Å². The SMILES string of the molecule is CCOc1ccc([C@@H](C)NC(=O)[C@H](C)N(c2cc(Cl)ccc2C)S(C)(=O)=O)cc1. The number of anilines is 1. The van der Waals surface area contributed by atoms with Crippen molar-refractivity contribution in [1.29, 1.82) is 0 Å². The van der Waals surface area contributed by atoms with Gasteiger partial charge in [0, 0.05) is 5.02 Å². The molecule has 8 heteroatoms. The summed E-state index contributed by atoms with van der Waals surface area (Å²) in [4.78, 5) is 12.9. The molecule has 0 bridgehead atoms. The van der Waals surface area contributed by atoms with Gasteiger partial charge in [-0.2, -0.15) is 0 Å². The van der Waals surface area contributed by atoms with Gasteiger partial charge in [-0.15, -0.1) is 0 Å². The number of aryl methyl sites for hydroxylation is 1. The Morgan fingerprint density at radius 3 is 2.34 bits per heavy atom. The second-order valence-electron chi connectivity index (χ2n) is 6.90. The van der Waals surface area contributed by atoms with Crippen LogP contribution in [-0.4, -0.2) is 33.2 Å². The molecular formula is C21H27ClN2O4S. The number of sulfonamides is 1. The van der Waals surface area contributed by atoms with Crippen LogP contribution >= 0.6 is 11.6 Å². The molecule has 0 saturated heterocycles. The number of hydrogen-bond acceptors (Lipinski definition) is 4. The highest BCUT2D eigenvalue weighted by molar-refractivity contribution is 7.92. The average molecular weight is 439 g/mol. The van der Waals surface area contributed by atoms with Crippen molar-refractivity contribution in [1.82, 2.24) is 5.32 Å². The Morgan fingerprint density at radius 2 is 1.79 bits per heavy atom. The molecule has 0 radical (unpaired) electrons. The normalized spacial score (nSPS) is 13.4. The Labute approximate surface area is 177 Å². The topological polar surface area (TPSA) is 75.7 Å². The van der Waals surface area contributed by atoms with Crippen molar-refractivity contribution >= 4 is 33.2 Å². The predicted molar refractivity (Wildman–Crippen MR) is 117 cm³/mol. The van der Waals surface area contributed by atoms with Crippen LogP contribution in [0.2, 0.25) is 5.02 Å². The van der Waals surface area contributed by atoms with E-state index in [4.69, 9.17) is 16.3 Å². The molecule has 6 nitrogen and oxygen atoms in total. The van der Waals surface area contributed by atoms with Crippen molar-refractivity contribution in [3.05, 3.63) is 58.6 Å². The Morgan fingerprint density at radius 1 is 1.17 bits per heavy atom. The van der Waals surface area contributed by atoms with Crippen LogP contribution in [0.3, 0.4) is 0 Å². The van der Waals surface area contributed by atoms with E-state index in [0.717, 1.165) is 21.9 Å². The minimum Gasteiger partial charge on any atom is -0.494 e. The van der Waals surface area contributed by atoms with E-state index in [9.17, 15) is 13.2 Å². The molecule has 1 N–H and O–H groups in total. The van der Waals surface area contributed by atoms with Gasteiger partial charge in [-0.05, 0) is 63.1 Å². The summed E-state index contributed by atoms with van der Waals surface area (Å²) >= 11 is 6.06. The highest BCUT2D eigenvalue weighted by Crippen LogP contribution is 2.28. The maximum absolute atomic E-state index is 12.9. The molecule has 0 saturated carbocycles. The molecule has 0 aliphatic rings. The molecule has 0 aliphatic carbocycles. The molecule has 2 atom stereocenters. The second kappa shape index (κ2) is 9.50. The lowest BCUT2D eigenvalue weighted by molar-refractivity contribution is -0.122. The zero-order valence-corrected chi connectivity index (χ0v) is 18.8. The van der Waals surface area contributed by atoms with Crippen molar-refractivity contribution in [3.63, 3.8) is 0 Å². The van der Waals surface area contributed by atoms with E-state index in [-0.39, 0.29) is 6.04 Å². The van der Waals surface area contributed by atoms with Crippen LogP contribution in [0.15, 0.2) is 42.5 Å². The van der Waals surface area contributed by atoms with Gasteiger partial charge in [0.05, 0.1) is 24.6 Å². The smallest absolute Gasteiger partial charge is 0.244 e. The molecule has 0 aliphatic heterocycles. The minimum atomic E-state index is -3.72. The molecule has 0 aromatic heterocycles. The van der Waals surface area contributed by atoms with Crippen LogP contribution in [0.5, 0.6) is 5.75 Å². The molecule has 2 aromatic carbocycles. The van der Waals surface area contributed by atoms with Gasteiger partial charge in [0.1, 0.15) is 11.8 Å². The summed E-state index contributed by atoms with van der Waals surface area (Å²) in [6, 6.07) is 11.1. The molecule has 0 spiro atoms. The second-order valence-corrected chi connectivity index (χ2v) is 9.19. The monoisotopic (exact) mass is 438 g/mol. The molecule has 0 fully saturated rings. The molecule has 158 valence electrons. The Kier molecular flexibility index (Phi) is 7.54. The zero-order chi connectivity index (χ0) is 21.8. The Balaban J connectivity index is 2.24. The van der Waals surface area contributed by atoms with Gasteiger partial charge in [-0.25, -0.2) is 8.42 Å². The van der Waals surface area contributed by atoms with Crippen molar-refractivity contribution in [2.24, 2.45) is 0 Å². The summed E-state index contributed by atoms with van der Waals surface area (Å²) in [6.07, 6.45) is 1.08. The first-order valence-electron chi connectivity index (χ1n) is 9.33. The Hall–Kier alpha value is -2.25. The molecule has 0 unspecified atom stereocenters. The predicted octanol–water partition coefficient (Wildman–Crippen LogP) is 4.08. The number of halogens is 1. The van der Waals surface area contributed by atoms with Gasteiger partial charge in [0.15, 0.2) is 0 Å². The number of carbonyl (C=O) groups excluding carboxylic acids is 1. The number of rotatable bonds is 8. The van der Waals surface area contributed by atoms with E-state index in [1.54, 1.807) is 32.0 Å². The summed E-state index contributed by atoms with van der Waals surface area (Å²) in [5.74, 6) is 0.346. The van der Waals surface area contributed by atoms with Crippen LogP contribution in [-0.2, 0) is 14.8 Å². The third kappa shape index (κ3) is 5.87. The highest BCUT2D eigenvalue weighted by atomic mass is 35.5. The lowest BCUT2D eigenvalue weighted by Gasteiger charge is -2.30. The fourth-order valence-electron chi connectivity index (χ4n) is 3.04. The third-order valence-electron chi connectivity index (χ3n) is 4.55. The lowest BCUT2D eigenvalue weighted by Crippen LogP contribution is -2.48. The van der Waals surface area contributed by atoms with Gasteiger partial charge in [-0.1, -0.05) is 29.8 Å². The number of nitrogens with zero attached hydrogens (tertiary/aromatic N) is 1. The van der Waals surface area contributed by atoms with E-state index in [1.807, 2.05) is 38.1 Å². The maximum Gasteiger partial charge on any atom is 0.244 e. The van der Waals surface area contributed by atoms with Crippen LogP contribution in [0.1, 0.15) is 37.9 Å². The lowest BCUT2D eigenvalue weighted by atomic mass is 10.1. The number of nitrogens with one attached hydrogen (secondary N) is 1. The molecular weight excluding hydrogens is 412 g/mol. The Bertz CT molecular complexity index is 961. The summed E-state index contributed by atoms with van der Waals surface area (Å²) in [7, 11) is -3.72. The van der Waals surface area contributed by atoms with Crippen LogP contribution in [0.4, 0.5) is 5.69 Å². The standard InChI is InChI=1S/C21H27ClN2O4S/c1-6-28-19-11-8-17(9-12-19)15(3)23-21(25)16(4)24(29(5,26)27)20-13-18(22)10-7-14(20)2/h7-13,15-16H,6H2,1-5H3,(H,23,25)/t15-,16+/m1/s1. The van der Waals surface area contributed by atoms with Crippen molar-refractivity contribution in [2.45, 2.75) is 39.8 Å². The number of benzene rings is 2. The van der Waals surface area contributed by atoms with Gasteiger partial charge < -0.3 is 10.1 Å². The third-order valence-corrected chi connectivity index (χ3v) is 6.01. The number of carbonyl (C=O) groups is 1. The molecule has 2 aromatic rings. The fourth-order valence-corrected chi connectivity index (χ4v) is 4.43. The first-order chi connectivity index (χ1) is 13.5. The number of hydrogen-bond donors (Lipinski definition) is 1. The van der Waals surface area contributed by atoms with Crippen molar-refractivity contribution < 1.29 is 17.9 Å². The highest BCUT2D eigenvalue weighted by Gasteiger charge is 2.31. The molecule has 0 heterocycles. The first-order valence-corrected chi connectivity index (χ1v) is 11.6. The van der Waals surface area contributed by atoms with Gasteiger partial charge in [0.25, 0.3) is 0 Å². The number of amides is 1. The van der Waals surface area contributed by atoms with Crippen LogP contribution < -0.4 is 14.4 Å². The van der Waals surface area contributed by atoms with E-state index in [1.165, 1.54) is 0 Å².